The number of rotatable bonds is 6. The van der Waals surface area contributed by atoms with Gasteiger partial charge in [-0.1, -0.05) is 30.3 Å². The minimum Gasteiger partial charge on any atom is -0.484 e. The van der Waals surface area contributed by atoms with E-state index < -0.39 is 17.7 Å². The van der Waals surface area contributed by atoms with Crippen molar-refractivity contribution in [1.82, 2.24) is 16.2 Å². The van der Waals surface area contributed by atoms with E-state index >= 15 is 0 Å². The van der Waals surface area contributed by atoms with Crippen molar-refractivity contribution in [1.29, 1.82) is 0 Å². The smallest absolute Gasteiger partial charge is 0.327 e. The van der Waals surface area contributed by atoms with Crippen LogP contribution in [0.25, 0.3) is 0 Å². The molecule has 2 aromatic carbocycles. The number of nitrogens with one attached hydrogen (secondary N) is 3. The quantitative estimate of drug-likeness (QED) is 0.388. The van der Waals surface area contributed by atoms with Crippen molar-refractivity contribution < 1.29 is 23.9 Å². The number of carbonyl (C=O) groups is 4. The van der Waals surface area contributed by atoms with Crippen molar-refractivity contribution in [2.75, 3.05) is 6.61 Å². The van der Waals surface area contributed by atoms with Gasteiger partial charge in [0, 0.05) is 17.2 Å². The Morgan fingerprint density at radius 3 is 2.11 bits per heavy atom. The molecule has 0 bridgehead atoms. The normalized spacial score (nSPS) is 12.6. The fraction of sp³-hybridized carbons (Fsp3) is 0.200. The van der Waals surface area contributed by atoms with Gasteiger partial charge >= 0.3 is 11.8 Å². The third kappa shape index (κ3) is 5.41. The van der Waals surface area contributed by atoms with Crippen molar-refractivity contribution in [3.8, 4) is 5.75 Å². The lowest BCUT2D eigenvalue weighted by molar-refractivity contribution is -0.141. The summed E-state index contributed by atoms with van der Waals surface area (Å²) < 4.78 is 5.30. The highest BCUT2D eigenvalue weighted by Crippen LogP contribution is 2.18. The zero-order valence-electron chi connectivity index (χ0n) is 14.9. The lowest BCUT2D eigenvalue weighted by Crippen LogP contribution is -2.50. The van der Waals surface area contributed by atoms with Crippen molar-refractivity contribution in [3.63, 3.8) is 0 Å². The van der Waals surface area contributed by atoms with Crippen LogP contribution in [-0.4, -0.2) is 36.2 Å². The molecular weight excluding hydrogens is 362 g/mol. The van der Waals surface area contributed by atoms with Crippen LogP contribution < -0.4 is 20.9 Å². The maximum atomic E-state index is 12.3. The molecule has 0 aliphatic heterocycles. The molecule has 144 valence electrons. The number of benzene rings is 2. The summed E-state index contributed by atoms with van der Waals surface area (Å²) in [6, 6.07) is 15.3. The Bertz CT molecular complexity index is 876. The van der Waals surface area contributed by atoms with Crippen LogP contribution in [0, 0.1) is 0 Å². The van der Waals surface area contributed by atoms with Crippen LogP contribution in [0.5, 0.6) is 5.75 Å². The molecule has 8 nitrogen and oxygen atoms in total. The van der Waals surface area contributed by atoms with E-state index in [1.807, 2.05) is 11.5 Å². The van der Waals surface area contributed by atoms with Crippen LogP contribution in [0.2, 0.25) is 0 Å². The summed E-state index contributed by atoms with van der Waals surface area (Å²) in [6.07, 6.45) is 1.71. The fourth-order valence-corrected chi connectivity index (χ4v) is 2.31. The predicted molar refractivity (Wildman–Crippen MR) is 99.3 cm³/mol. The molecule has 2 aromatic rings. The Labute approximate surface area is 161 Å². The fourth-order valence-electron chi connectivity index (χ4n) is 2.31. The average molecular weight is 381 g/mol. The Hall–Kier alpha value is -3.68. The highest BCUT2D eigenvalue weighted by atomic mass is 16.5. The highest BCUT2D eigenvalue weighted by Gasteiger charge is 2.26. The summed E-state index contributed by atoms with van der Waals surface area (Å²) in [5, 5.41) is 2.50. The molecule has 8 heteroatoms. The van der Waals surface area contributed by atoms with Crippen LogP contribution in [0.3, 0.4) is 0 Å². The second-order valence-corrected chi connectivity index (χ2v) is 6.26. The monoisotopic (exact) mass is 381 g/mol. The molecule has 1 fully saturated rings. The molecule has 0 aromatic heterocycles. The van der Waals surface area contributed by atoms with Gasteiger partial charge in [0.15, 0.2) is 12.4 Å². The lowest BCUT2D eigenvalue weighted by Gasteiger charge is -2.09. The minimum atomic E-state index is -0.941. The first kappa shape index (κ1) is 19.1. The summed E-state index contributed by atoms with van der Waals surface area (Å²) in [4.78, 5) is 47.0. The first-order valence-corrected chi connectivity index (χ1v) is 8.75. The molecular formula is C20H19N3O5. The number of carbonyl (C=O) groups excluding carboxylic acids is 4. The van der Waals surface area contributed by atoms with Gasteiger partial charge in [-0.2, -0.15) is 0 Å². The Kier molecular flexibility index (Phi) is 6.01. The van der Waals surface area contributed by atoms with E-state index in [2.05, 4.69) is 10.7 Å². The maximum absolute atomic E-state index is 12.3. The SMILES string of the molecule is O=C(COc1ccc(C(=O)c2ccccc2)cc1)NNC(=O)C(=O)NC1CC1. The van der Waals surface area contributed by atoms with E-state index in [-0.39, 0.29) is 18.4 Å². The van der Waals surface area contributed by atoms with Gasteiger partial charge in [-0.15, -0.1) is 0 Å². The Morgan fingerprint density at radius 1 is 0.821 bits per heavy atom. The van der Waals surface area contributed by atoms with E-state index in [9.17, 15) is 19.2 Å². The molecule has 3 N–H and O–H groups in total. The van der Waals surface area contributed by atoms with Crippen molar-refractivity contribution >= 4 is 23.5 Å². The minimum absolute atomic E-state index is 0.0500. The van der Waals surface area contributed by atoms with Crippen molar-refractivity contribution in [2.45, 2.75) is 18.9 Å². The van der Waals surface area contributed by atoms with Gasteiger partial charge in [0.25, 0.3) is 5.91 Å². The highest BCUT2D eigenvalue weighted by molar-refractivity contribution is 6.35. The van der Waals surface area contributed by atoms with Gasteiger partial charge in [-0.25, -0.2) is 0 Å². The molecule has 28 heavy (non-hydrogen) atoms. The number of hydrogen-bond donors (Lipinski definition) is 3. The van der Waals surface area contributed by atoms with Crippen LogP contribution in [0.4, 0.5) is 0 Å². The van der Waals surface area contributed by atoms with Gasteiger partial charge in [-0.05, 0) is 37.1 Å². The first-order chi connectivity index (χ1) is 13.5. The second-order valence-electron chi connectivity index (χ2n) is 6.26. The van der Waals surface area contributed by atoms with E-state index in [1.165, 1.54) is 0 Å². The van der Waals surface area contributed by atoms with Gasteiger partial charge < -0.3 is 10.1 Å². The number of hydrogen-bond acceptors (Lipinski definition) is 5. The Morgan fingerprint density at radius 2 is 1.46 bits per heavy atom. The van der Waals surface area contributed by atoms with E-state index in [0.717, 1.165) is 12.8 Å². The number of amides is 3. The standard InChI is InChI=1S/C20H19N3O5/c24-17(22-23-20(27)19(26)21-15-8-9-15)12-28-16-10-6-14(7-11-16)18(25)13-4-2-1-3-5-13/h1-7,10-11,15H,8-9,12H2,(H,21,26)(H,22,24)(H,23,27). The number of ketones is 1. The molecule has 0 unspecified atom stereocenters. The van der Waals surface area contributed by atoms with Gasteiger partial charge in [-0.3, -0.25) is 30.0 Å². The summed E-state index contributed by atoms with van der Waals surface area (Å²) >= 11 is 0. The summed E-state index contributed by atoms with van der Waals surface area (Å²) in [5.41, 5.74) is 5.20. The van der Waals surface area contributed by atoms with Gasteiger partial charge in [0.2, 0.25) is 0 Å². The number of ether oxygens (including phenoxy) is 1. The van der Waals surface area contributed by atoms with Crippen LogP contribution >= 0.6 is 0 Å². The van der Waals surface area contributed by atoms with Crippen molar-refractivity contribution in [3.05, 3.63) is 65.7 Å². The van der Waals surface area contributed by atoms with Crippen molar-refractivity contribution in [2.24, 2.45) is 0 Å². The molecule has 3 amide bonds. The van der Waals surface area contributed by atoms with Crippen LogP contribution in [0.15, 0.2) is 54.6 Å². The van der Waals surface area contributed by atoms with Crippen LogP contribution in [0.1, 0.15) is 28.8 Å². The summed E-state index contributed by atoms with van der Waals surface area (Å²) in [6.45, 7) is -0.365. The van der Waals surface area contributed by atoms with Crippen LogP contribution in [-0.2, 0) is 14.4 Å². The zero-order valence-corrected chi connectivity index (χ0v) is 14.9. The van der Waals surface area contributed by atoms with Gasteiger partial charge in [0.05, 0.1) is 0 Å². The molecule has 0 heterocycles. The van der Waals surface area contributed by atoms with E-state index in [4.69, 9.17) is 4.74 Å². The predicted octanol–water partition coefficient (Wildman–Crippen LogP) is 0.722. The first-order valence-electron chi connectivity index (χ1n) is 8.75. The maximum Gasteiger partial charge on any atom is 0.327 e. The Balaban J connectivity index is 1.42. The molecule has 0 atom stereocenters. The molecule has 1 aliphatic rings. The average Bonchev–Trinajstić information content (AvgIpc) is 3.55. The summed E-state index contributed by atoms with van der Waals surface area (Å²) in [5.74, 6) is -2.09. The molecule has 1 saturated carbocycles. The molecule has 0 saturated heterocycles. The topological polar surface area (TPSA) is 114 Å². The lowest BCUT2D eigenvalue weighted by atomic mass is 10.0. The molecule has 3 rings (SSSR count). The molecule has 1 aliphatic carbocycles. The zero-order chi connectivity index (χ0) is 19.9. The largest absolute Gasteiger partial charge is 0.484 e. The third-order valence-electron chi connectivity index (χ3n) is 3.96. The second kappa shape index (κ2) is 8.81. The third-order valence-corrected chi connectivity index (χ3v) is 3.96. The van der Waals surface area contributed by atoms with Gasteiger partial charge in [0.1, 0.15) is 5.75 Å². The molecule has 0 spiro atoms. The summed E-state index contributed by atoms with van der Waals surface area (Å²) in [7, 11) is 0. The number of hydrazine groups is 1. The van der Waals surface area contributed by atoms with E-state index in [0.29, 0.717) is 16.9 Å². The molecule has 0 radical (unpaired) electrons. The van der Waals surface area contributed by atoms with E-state index in [1.54, 1.807) is 48.5 Å².